The third-order valence-electron chi connectivity index (χ3n) is 3.34. The molecule has 1 unspecified atom stereocenters. The van der Waals surface area contributed by atoms with Gasteiger partial charge >= 0.3 is 0 Å². The first-order valence-corrected chi connectivity index (χ1v) is 6.47. The molecule has 0 bridgehead atoms. The first kappa shape index (κ1) is 12.6. The van der Waals surface area contributed by atoms with Crippen molar-refractivity contribution in [2.75, 3.05) is 5.73 Å². The fraction of sp³-hybridized carbons (Fsp3) is 0.545. The smallest absolute Gasteiger partial charge is 0.226 e. The molecule has 3 N–H and O–H groups in total. The number of hydrogen-bond acceptors (Lipinski definition) is 6. The highest BCUT2D eigenvalue weighted by atomic mass is 35.5. The molecule has 7 nitrogen and oxygen atoms in total. The zero-order valence-electron chi connectivity index (χ0n) is 10.3. The van der Waals surface area contributed by atoms with Crippen molar-refractivity contribution in [2.24, 2.45) is 0 Å². The molecule has 0 spiro atoms. The topological polar surface area (TPSA) is 99.1 Å². The Labute approximate surface area is 114 Å². The lowest BCUT2D eigenvalue weighted by Crippen LogP contribution is -2.19. The molecule has 3 atom stereocenters. The second kappa shape index (κ2) is 4.59. The Morgan fingerprint density at radius 3 is 3.05 bits per heavy atom. The molecule has 1 saturated heterocycles. The summed E-state index contributed by atoms with van der Waals surface area (Å²) >= 11 is 5.81. The zero-order valence-corrected chi connectivity index (χ0v) is 11.1. The van der Waals surface area contributed by atoms with Crippen LogP contribution in [-0.4, -0.2) is 36.8 Å². The number of hydrogen-bond donors (Lipinski definition) is 2. The molecule has 8 heteroatoms. The van der Waals surface area contributed by atoms with E-state index in [1.807, 2.05) is 6.92 Å². The average Bonchev–Trinajstić information content (AvgIpc) is 2.92. The SMILES string of the molecule is CCC1O[C@@H](n2cnc3c(N)nc(Cl)nc32)C[C@@H]1O. The molecular formula is C11H14ClN5O2. The van der Waals surface area contributed by atoms with Crippen molar-refractivity contribution < 1.29 is 9.84 Å². The van der Waals surface area contributed by atoms with Gasteiger partial charge in [0, 0.05) is 6.42 Å². The molecule has 2 aromatic rings. The molecule has 0 radical (unpaired) electrons. The first-order chi connectivity index (χ1) is 9.10. The number of nitrogen functional groups attached to an aromatic ring is 1. The molecule has 0 aliphatic carbocycles. The van der Waals surface area contributed by atoms with Gasteiger partial charge in [0.1, 0.15) is 11.7 Å². The second-order valence-corrected chi connectivity index (χ2v) is 4.88. The van der Waals surface area contributed by atoms with Crippen molar-refractivity contribution in [3.05, 3.63) is 11.6 Å². The van der Waals surface area contributed by atoms with Gasteiger partial charge < -0.3 is 15.6 Å². The van der Waals surface area contributed by atoms with Gasteiger partial charge in [0.2, 0.25) is 5.28 Å². The third kappa shape index (κ3) is 2.03. The van der Waals surface area contributed by atoms with Crippen molar-refractivity contribution in [1.82, 2.24) is 19.5 Å². The number of rotatable bonds is 2. The Hall–Kier alpha value is -1.44. The van der Waals surface area contributed by atoms with E-state index in [1.165, 1.54) is 0 Å². The molecule has 0 aromatic carbocycles. The van der Waals surface area contributed by atoms with Crippen molar-refractivity contribution in [3.63, 3.8) is 0 Å². The number of ether oxygens (including phenoxy) is 1. The fourth-order valence-electron chi connectivity index (χ4n) is 2.38. The summed E-state index contributed by atoms with van der Waals surface area (Å²) in [5.41, 5.74) is 6.76. The first-order valence-electron chi connectivity index (χ1n) is 6.09. The number of nitrogens with zero attached hydrogens (tertiary/aromatic N) is 4. The van der Waals surface area contributed by atoms with Crippen LogP contribution in [0.3, 0.4) is 0 Å². The van der Waals surface area contributed by atoms with E-state index >= 15 is 0 Å². The van der Waals surface area contributed by atoms with Gasteiger partial charge in [-0.05, 0) is 18.0 Å². The summed E-state index contributed by atoms with van der Waals surface area (Å²) in [6.45, 7) is 1.97. The van der Waals surface area contributed by atoms with Crippen molar-refractivity contribution in [2.45, 2.75) is 38.2 Å². The van der Waals surface area contributed by atoms with E-state index < -0.39 is 6.10 Å². The Kier molecular flexibility index (Phi) is 3.04. The van der Waals surface area contributed by atoms with Crippen LogP contribution in [0.2, 0.25) is 5.28 Å². The summed E-state index contributed by atoms with van der Waals surface area (Å²) in [5.74, 6) is 0.235. The van der Waals surface area contributed by atoms with E-state index in [9.17, 15) is 5.11 Å². The minimum absolute atomic E-state index is 0.0670. The normalized spacial score (nSPS) is 27.2. The fourth-order valence-corrected chi connectivity index (χ4v) is 2.55. The van der Waals surface area contributed by atoms with E-state index in [-0.39, 0.29) is 23.4 Å². The third-order valence-corrected chi connectivity index (χ3v) is 3.51. The Morgan fingerprint density at radius 1 is 1.58 bits per heavy atom. The number of fused-ring (bicyclic) bond motifs is 1. The van der Waals surface area contributed by atoms with E-state index in [1.54, 1.807) is 10.9 Å². The highest BCUT2D eigenvalue weighted by Gasteiger charge is 2.34. The van der Waals surface area contributed by atoms with Gasteiger partial charge in [-0.15, -0.1) is 0 Å². The van der Waals surface area contributed by atoms with Gasteiger partial charge in [0.05, 0.1) is 18.5 Å². The van der Waals surface area contributed by atoms with Crippen LogP contribution in [0.1, 0.15) is 26.0 Å². The molecule has 1 fully saturated rings. The molecule has 102 valence electrons. The second-order valence-electron chi connectivity index (χ2n) is 4.54. The standard InChI is InChI=1S/C11H14ClN5O2/c1-2-6-5(18)3-7(19-6)17-4-14-8-9(13)15-11(12)16-10(8)17/h4-7,18H,2-3H2,1H3,(H2,13,15,16)/t5-,6?,7+/m0/s1. The van der Waals surface area contributed by atoms with Gasteiger partial charge in [-0.3, -0.25) is 4.57 Å². The molecule has 3 rings (SSSR count). The Balaban J connectivity index is 2.02. The minimum atomic E-state index is -0.484. The molecule has 1 aliphatic heterocycles. The largest absolute Gasteiger partial charge is 0.390 e. The minimum Gasteiger partial charge on any atom is -0.390 e. The molecular weight excluding hydrogens is 270 g/mol. The maximum Gasteiger partial charge on any atom is 0.226 e. The summed E-state index contributed by atoms with van der Waals surface area (Å²) in [6.07, 6.45) is 1.87. The summed E-state index contributed by atoms with van der Waals surface area (Å²) in [6, 6.07) is 0. The number of aromatic nitrogens is 4. The molecule has 3 heterocycles. The van der Waals surface area contributed by atoms with Gasteiger partial charge in [-0.25, -0.2) is 4.98 Å². The average molecular weight is 284 g/mol. The predicted octanol–water partition coefficient (Wildman–Crippen LogP) is 1.12. The van der Waals surface area contributed by atoms with Crippen LogP contribution in [0, 0.1) is 0 Å². The number of aliphatic hydroxyl groups excluding tert-OH is 1. The lowest BCUT2D eigenvalue weighted by atomic mass is 10.1. The monoisotopic (exact) mass is 283 g/mol. The van der Waals surface area contributed by atoms with E-state index in [0.717, 1.165) is 6.42 Å². The number of halogens is 1. The zero-order chi connectivity index (χ0) is 13.6. The van der Waals surface area contributed by atoms with Crippen LogP contribution in [0.25, 0.3) is 11.2 Å². The number of anilines is 1. The lowest BCUT2D eigenvalue weighted by molar-refractivity contribution is -0.0183. The van der Waals surface area contributed by atoms with Crippen LogP contribution in [0.4, 0.5) is 5.82 Å². The molecule has 1 aliphatic rings. The number of nitrogens with two attached hydrogens (primary N) is 1. The van der Waals surface area contributed by atoms with Gasteiger partial charge in [0.25, 0.3) is 0 Å². The van der Waals surface area contributed by atoms with Crippen molar-refractivity contribution in [1.29, 1.82) is 0 Å². The summed E-state index contributed by atoms with van der Waals surface area (Å²) in [7, 11) is 0. The maximum atomic E-state index is 9.90. The predicted molar refractivity (Wildman–Crippen MR) is 69.6 cm³/mol. The molecule has 2 aromatic heterocycles. The van der Waals surface area contributed by atoms with E-state index in [0.29, 0.717) is 17.6 Å². The van der Waals surface area contributed by atoms with Crippen LogP contribution in [0.15, 0.2) is 6.33 Å². The van der Waals surface area contributed by atoms with Crippen LogP contribution in [-0.2, 0) is 4.74 Å². The van der Waals surface area contributed by atoms with Gasteiger partial charge in [-0.2, -0.15) is 9.97 Å². The molecule has 0 amide bonds. The van der Waals surface area contributed by atoms with Crippen LogP contribution in [0.5, 0.6) is 0 Å². The molecule has 19 heavy (non-hydrogen) atoms. The quantitative estimate of drug-likeness (QED) is 0.801. The van der Waals surface area contributed by atoms with Crippen molar-refractivity contribution in [3.8, 4) is 0 Å². The van der Waals surface area contributed by atoms with Crippen LogP contribution >= 0.6 is 11.6 Å². The van der Waals surface area contributed by atoms with Gasteiger partial charge in [-0.1, -0.05) is 6.92 Å². The Morgan fingerprint density at radius 2 is 2.37 bits per heavy atom. The number of aliphatic hydroxyl groups is 1. The summed E-state index contributed by atoms with van der Waals surface area (Å²) < 4.78 is 7.52. The summed E-state index contributed by atoms with van der Waals surface area (Å²) in [5, 5.41) is 9.96. The molecule has 0 saturated carbocycles. The van der Waals surface area contributed by atoms with Crippen LogP contribution < -0.4 is 5.73 Å². The Bertz CT molecular complexity index is 616. The van der Waals surface area contributed by atoms with Crippen molar-refractivity contribution >= 4 is 28.6 Å². The van der Waals surface area contributed by atoms with E-state index in [4.69, 9.17) is 22.1 Å². The highest BCUT2D eigenvalue weighted by Crippen LogP contribution is 2.32. The van der Waals surface area contributed by atoms with E-state index in [2.05, 4.69) is 15.0 Å². The number of imidazole rings is 1. The maximum absolute atomic E-state index is 9.90. The highest BCUT2D eigenvalue weighted by molar-refractivity contribution is 6.28. The van der Waals surface area contributed by atoms with Gasteiger partial charge in [0.15, 0.2) is 11.5 Å². The lowest BCUT2D eigenvalue weighted by Gasteiger charge is -2.14. The summed E-state index contributed by atoms with van der Waals surface area (Å²) in [4.78, 5) is 12.2.